The van der Waals surface area contributed by atoms with Gasteiger partial charge in [0.05, 0.1) is 0 Å². The van der Waals surface area contributed by atoms with E-state index in [9.17, 15) is 0 Å². The van der Waals surface area contributed by atoms with Crippen LogP contribution in [0.25, 0.3) is 11.0 Å². The van der Waals surface area contributed by atoms with Gasteiger partial charge in [-0.15, -0.1) is 0 Å². The van der Waals surface area contributed by atoms with Crippen LogP contribution < -0.4 is 0 Å². The Labute approximate surface area is 131 Å². The largest absolute Gasteiger partial charge is 0.461 e. The van der Waals surface area contributed by atoms with Crippen LogP contribution in [0.4, 0.5) is 0 Å². The number of hydrogen-bond donors (Lipinski definition) is 0. The average Bonchev–Trinajstić information content (AvgIpc) is 2.92. The summed E-state index contributed by atoms with van der Waals surface area (Å²) in [6.45, 7) is 5.42. The van der Waals surface area contributed by atoms with Crippen LogP contribution in [0.2, 0.25) is 0 Å². The number of aliphatic imine (C=N–C) groups is 1. The van der Waals surface area contributed by atoms with Crippen molar-refractivity contribution in [2.24, 2.45) is 10.9 Å². The number of para-hydroxylation sites is 1. The molecule has 1 aromatic heterocycles. The average molecular weight is 294 g/mol. The number of furan rings is 1. The summed E-state index contributed by atoms with van der Waals surface area (Å²) < 4.78 is 6.00. The van der Waals surface area contributed by atoms with Crippen LogP contribution in [0.3, 0.4) is 0 Å². The summed E-state index contributed by atoms with van der Waals surface area (Å²) in [5.41, 5.74) is 3.72. The molecular formula is C19H22N2O. The lowest BCUT2D eigenvalue weighted by Gasteiger charge is -2.28. The Hall–Kier alpha value is -1.87. The van der Waals surface area contributed by atoms with Gasteiger partial charge in [0, 0.05) is 48.3 Å². The standard InChI is InChI=1S/C19H22N2O/c1-14-15(5-4-10-20-14)8-11-21-12-9-19-17(13-21)16-6-2-3-7-18(16)22-19/h2-4,6-7,10,15H,5,8-9,11-13H2,1H3. The molecule has 3 heteroatoms. The van der Waals surface area contributed by atoms with Crippen LogP contribution in [0.1, 0.15) is 31.1 Å². The summed E-state index contributed by atoms with van der Waals surface area (Å²) in [6.07, 6.45) is 7.50. The summed E-state index contributed by atoms with van der Waals surface area (Å²) in [7, 11) is 0. The maximum atomic E-state index is 6.00. The van der Waals surface area contributed by atoms with Gasteiger partial charge in [-0.3, -0.25) is 9.89 Å². The van der Waals surface area contributed by atoms with Crippen LogP contribution in [0.15, 0.2) is 46.0 Å². The molecule has 3 heterocycles. The molecule has 2 aliphatic heterocycles. The fourth-order valence-corrected chi connectivity index (χ4v) is 3.61. The van der Waals surface area contributed by atoms with E-state index < -0.39 is 0 Å². The molecule has 4 rings (SSSR count). The Morgan fingerprint density at radius 1 is 1.32 bits per heavy atom. The number of nitrogens with zero attached hydrogens (tertiary/aromatic N) is 2. The first-order valence-corrected chi connectivity index (χ1v) is 8.22. The minimum atomic E-state index is 0.618. The van der Waals surface area contributed by atoms with Gasteiger partial charge in [0.2, 0.25) is 0 Å². The van der Waals surface area contributed by atoms with Crippen molar-refractivity contribution in [2.75, 3.05) is 13.1 Å². The molecule has 22 heavy (non-hydrogen) atoms. The third-order valence-corrected chi connectivity index (χ3v) is 5.01. The van der Waals surface area contributed by atoms with E-state index in [0.29, 0.717) is 5.92 Å². The van der Waals surface area contributed by atoms with Gasteiger partial charge in [0.1, 0.15) is 11.3 Å². The fourth-order valence-electron chi connectivity index (χ4n) is 3.61. The fraction of sp³-hybridized carbons (Fsp3) is 0.421. The predicted molar refractivity (Wildman–Crippen MR) is 90.2 cm³/mol. The monoisotopic (exact) mass is 294 g/mol. The molecule has 0 amide bonds. The van der Waals surface area contributed by atoms with Gasteiger partial charge in [0.25, 0.3) is 0 Å². The molecule has 0 spiro atoms. The summed E-state index contributed by atoms with van der Waals surface area (Å²) in [4.78, 5) is 7.01. The van der Waals surface area contributed by atoms with Crippen LogP contribution in [-0.2, 0) is 13.0 Å². The number of fused-ring (bicyclic) bond motifs is 3. The molecule has 0 bridgehead atoms. The van der Waals surface area contributed by atoms with Crippen LogP contribution in [-0.4, -0.2) is 23.7 Å². The van der Waals surface area contributed by atoms with E-state index in [1.165, 1.54) is 28.8 Å². The van der Waals surface area contributed by atoms with Crippen LogP contribution in [0.5, 0.6) is 0 Å². The van der Waals surface area contributed by atoms with Crippen molar-refractivity contribution >= 4 is 16.7 Å². The molecule has 0 aliphatic carbocycles. The number of allylic oxidation sites excluding steroid dienone is 1. The molecule has 1 aromatic carbocycles. The minimum absolute atomic E-state index is 0.618. The zero-order valence-electron chi connectivity index (χ0n) is 13.1. The number of benzene rings is 1. The number of hydrogen-bond acceptors (Lipinski definition) is 3. The normalized spacial score (nSPS) is 21.9. The zero-order valence-corrected chi connectivity index (χ0v) is 13.1. The van der Waals surface area contributed by atoms with Gasteiger partial charge in [-0.1, -0.05) is 24.3 Å². The van der Waals surface area contributed by atoms with Crippen molar-refractivity contribution in [3.8, 4) is 0 Å². The van der Waals surface area contributed by atoms with E-state index in [1.807, 2.05) is 12.3 Å². The third-order valence-electron chi connectivity index (χ3n) is 5.01. The van der Waals surface area contributed by atoms with E-state index in [1.54, 1.807) is 0 Å². The molecular weight excluding hydrogens is 272 g/mol. The van der Waals surface area contributed by atoms with E-state index in [4.69, 9.17) is 4.42 Å². The van der Waals surface area contributed by atoms with Gasteiger partial charge in [-0.05, 0) is 32.4 Å². The molecule has 2 aliphatic rings. The number of rotatable bonds is 3. The topological polar surface area (TPSA) is 28.7 Å². The van der Waals surface area contributed by atoms with Crippen molar-refractivity contribution < 1.29 is 4.42 Å². The lowest BCUT2D eigenvalue weighted by Crippen LogP contribution is -2.32. The molecule has 1 atom stereocenters. The Morgan fingerprint density at radius 2 is 2.23 bits per heavy atom. The summed E-state index contributed by atoms with van der Waals surface area (Å²) >= 11 is 0. The second kappa shape index (κ2) is 5.73. The maximum Gasteiger partial charge on any atom is 0.134 e. The first-order chi connectivity index (χ1) is 10.8. The minimum Gasteiger partial charge on any atom is -0.461 e. The van der Waals surface area contributed by atoms with Crippen molar-refractivity contribution in [3.05, 3.63) is 47.9 Å². The van der Waals surface area contributed by atoms with Gasteiger partial charge in [0.15, 0.2) is 0 Å². The Kier molecular flexibility index (Phi) is 3.59. The van der Waals surface area contributed by atoms with Crippen molar-refractivity contribution in [1.29, 1.82) is 0 Å². The summed E-state index contributed by atoms with van der Waals surface area (Å²) in [5, 5.41) is 1.29. The predicted octanol–water partition coefficient (Wildman–Crippen LogP) is 4.18. The van der Waals surface area contributed by atoms with E-state index >= 15 is 0 Å². The highest BCUT2D eigenvalue weighted by molar-refractivity contribution is 5.85. The molecule has 0 N–H and O–H groups in total. The highest BCUT2D eigenvalue weighted by Gasteiger charge is 2.23. The second-order valence-corrected chi connectivity index (χ2v) is 6.40. The van der Waals surface area contributed by atoms with Gasteiger partial charge >= 0.3 is 0 Å². The van der Waals surface area contributed by atoms with Gasteiger partial charge in [-0.2, -0.15) is 0 Å². The van der Waals surface area contributed by atoms with E-state index in [2.05, 4.69) is 41.1 Å². The molecule has 114 valence electrons. The molecule has 2 aromatic rings. The Bertz CT molecular complexity index is 741. The Morgan fingerprint density at radius 3 is 3.14 bits per heavy atom. The Balaban J connectivity index is 1.45. The molecule has 1 unspecified atom stereocenters. The molecule has 0 radical (unpaired) electrons. The third kappa shape index (κ3) is 2.50. The summed E-state index contributed by atoms with van der Waals surface area (Å²) in [5.74, 6) is 1.81. The van der Waals surface area contributed by atoms with Crippen molar-refractivity contribution in [2.45, 2.75) is 32.7 Å². The maximum absolute atomic E-state index is 6.00. The lowest BCUT2D eigenvalue weighted by atomic mass is 9.94. The first kappa shape index (κ1) is 13.8. The smallest absolute Gasteiger partial charge is 0.134 e. The highest BCUT2D eigenvalue weighted by Crippen LogP contribution is 2.30. The van der Waals surface area contributed by atoms with Crippen molar-refractivity contribution in [3.63, 3.8) is 0 Å². The lowest BCUT2D eigenvalue weighted by molar-refractivity contribution is 0.234. The van der Waals surface area contributed by atoms with E-state index in [0.717, 1.165) is 38.1 Å². The zero-order chi connectivity index (χ0) is 14.9. The SMILES string of the molecule is CC1=NC=CCC1CCN1CCc2oc3ccccc3c2C1. The summed E-state index contributed by atoms with van der Waals surface area (Å²) in [6, 6.07) is 8.41. The quantitative estimate of drug-likeness (QED) is 0.850. The molecule has 3 nitrogen and oxygen atoms in total. The van der Waals surface area contributed by atoms with Crippen LogP contribution >= 0.6 is 0 Å². The van der Waals surface area contributed by atoms with Crippen LogP contribution in [0, 0.1) is 5.92 Å². The van der Waals surface area contributed by atoms with Gasteiger partial charge in [-0.25, -0.2) is 0 Å². The van der Waals surface area contributed by atoms with Crippen molar-refractivity contribution in [1.82, 2.24) is 4.90 Å². The van der Waals surface area contributed by atoms with Gasteiger partial charge < -0.3 is 4.42 Å². The van der Waals surface area contributed by atoms with E-state index in [-0.39, 0.29) is 0 Å². The molecule has 0 saturated heterocycles. The molecule has 0 saturated carbocycles. The second-order valence-electron chi connectivity index (χ2n) is 6.40. The highest BCUT2D eigenvalue weighted by atomic mass is 16.3. The molecule has 0 fully saturated rings. The first-order valence-electron chi connectivity index (χ1n) is 8.22.